The van der Waals surface area contributed by atoms with Crippen molar-refractivity contribution in [1.82, 2.24) is 9.55 Å². The number of hydrogen-bond acceptors (Lipinski definition) is 6. The van der Waals surface area contributed by atoms with E-state index in [9.17, 15) is 18.8 Å². The van der Waals surface area contributed by atoms with E-state index in [1.54, 1.807) is 30.3 Å². The summed E-state index contributed by atoms with van der Waals surface area (Å²) in [4.78, 5) is 43.2. The lowest BCUT2D eigenvalue weighted by Crippen LogP contribution is -2.27. The number of carbonyl (C=O) groups is 2. The summed E-state index contributed by atoms with van der Waals surface area (Å²) in [7, 11) is 1.27. The molecule has 0 fully saturated rings. The first-order valence-electron chi connectivity index (χ1n) is 9.60. The number of esters is 1. The Labute approximate surface area is 186 Å². The summed E-state index contributed by atoms with van der Waals surface area (Å²) in [6.45, 7) is 1.61. The predicted molar refractivity (Wildman–Crippen MR) is 120 cm³/mol. The lowest BCUT2D eigenvalue weighted by Gasteiger charge is -2.09. The van der Waals surface area contributed by atoms with E-state index in [1.807, 2.05) is 6.92 Å². The Morgan fingerprint density at radius 1 is 1.19 bits per heavy atom. The number of rotatable bonds is 5. The number of benzene rings is 2. The van der Waals surface area contributed by atoms with Gasteiger partial charge in [-0.25, -0.2) is 14.2 Å². The Morgan fingerprint density at radius 2 is 1.94 bits per heavy atom. The highest BCUT2D eigenvalue weighted by molar-refractivity contribution is 7.19. The average molecular weight is 451 g/mol. The van der Waals surface area contributed by atoms with Crippen LogP contribution in [-0.2, 0) is 16.1 Å². The van der Waals surface area contributed by atoms with Gasteiger partial charge in [-0.15, -0.1) is 11.3 Å². The van der Waals surface area contributed by atoms with Gasteiger partial charge in [0, 0.05) is 16.1 Å². The summed E-state index contributed by atoms with van der Waals surface area (Å²) in [5, 5.41) is 3.06. The topological polar surface area (TPSA) is 90.3 Å². The van der Waals surface area contributed by atoms with Gasteiger partial charge in [0.25, 0.3) is 5.56 Å². The van der Waals surface area contributed by atoms with Crippen molar-refractivity contribution < 1.29 is 18.7 Å². The van der Waals surface area contributed by atoms with Gasteiger partial charge in [-0.3, -0.25) is 14.2 Å². The summed E-state index contributed by atoms with van der Waals surface area (Å²) in [6.07, 6.45) is 1.33. The highest BCUT2D eigenvalue weighted by Gasteiger charge is 2.18. The van der Waals surface area contributed by atoms with Gasteiger partial charge in [0.05, 0.1) is 24.4 Å². The smallest absolute Gasteiger partial charge is 0.337 e. The first kappa shape index (κ1) is 21.4. The van der Waals surface area contributed by atoms with E-state index >= 15 is 0 Å². The van der Waals surface area contributed by atoms with Crippen LogP contribution in [0.5, 0.6) is 0 Å². The van der Waals surface area contributed by atoms with Crippen LogP contribution in [0.15, 0.2) is 59.7 Å². The summed E-state index contributed by atoms with van der Waals surface area (Å²) in [5.41, 5.74) is 1.72. The van der Waals surface area contributed by atoms with Crippen molar-refractivity contribution >= 4 is 39.1 Å². The molecule has 0 radical (unpaired) electrons. The number of nitrogens with zero attached hydrogens (tertiary/aromatic N) is 2. The van der Waals surface area contributed by atoms with E-state index in [0.29, 0.717) is 32.6 Å². The van der Waals surface area contributed by atoms with Crippen molar-refractivity contribution in [3.05, 3.63) is 81.5 Å². The maximum absolute atomic E-state index is 13.4. The SMILES string of the molecule is COC(=O)c1cccc(NC(=O)Cn2cnc3sc(C)c(-c4ccc(F)cc4)c3c2=O)c1. The minimum Gasteiger partial charge on any atom is -0.465 e. The maximum atomic E-state index is 13.4. The van der Waals surface area contributed by atoms with Crippen LogP contribution >= 0.6 is 11.3 Å². The number of hydrogen-bond donors (Lipinski definition) is 1. The minimum atomic E-state index is -0.520. The second-order valence-corrected chi connectivity index (χ2v) is 8.22. The number of anilines is 1. The fourth-order valence-corrected chi connectivity index (χ4v) is 4.41. The van der Waals surface area contributed by atoms with Gasteiger partial charge in [-0.05, 0) is 42.8 Å². The summed E-state index contributed by atoms with van der Waals surface area (Å²) >= 11 is 1.37. The fraction of sp³-hybridized carbons (Fsp3) is 0.130. The molecule has 0 saturated carbocycles. The Hall–Kier alpha value is -3.85. The second-order valence-electron chi connectivity index (χ2n) is 7.02. The molecular formula is C23H18FN3O4S. The monoisotopic (exact) mass is 451 g/mol. The van der Waals surface area contributed by atoms with E-state index in [0.717, 1.165) is 4.88 Å². The number of nitrogens with one attached hydrogen (secondary N) is 1. The molecule has 0 bridgehead atoms. The zero-order chi connectivity index (χ0) is 22.8. The molecule has 2 aromatic heterocycles. The minimum absolute atomic E-state index is 0.262. The molecule has 0 unspecified atom stereocenters. The molecule has 0 aliphatic rings. The Balaban J connectivity index is 1.64. The van der Waals surface area contributed by atoms with Gasteiger partial charge in [0.2, 0.25) is 5.91 Å². The fourth-order valence-electron chi connectivity index (χ4n) is 3.41. The standard InChI is InChI=1S/C23H18FN3O4S/c1-13-19(14-6-8-16(24)9-7-14)20-21(32-13)25-12-27(22(20)29)11-18(28)26-17-5-3-4-15(10-17)23(30)31-2/h3-10,12H,11H2,1-2H3,(H,26,28). The van der Waals surface area contributed by atoms with Crippen LogP contribution in [0.4, 0.5) is 10.1 Å². The summed E-state index contributed by atoms with van der Waals surface area (Å²) < 4.78 is 19.3. The maximum Gasteiger partial charge on any atom is 0.337 e. The van der Waals surface area contributed by atoms with Crippen LogP contribution in [-0.4, -0.2) is 28.5 Å². The third kappa shape index (κ3) is 4.15. The van der Waals surface area contributed by atoms with Crippen molar-refractivity contribution in [2.75, 3.05) is 12.4 Å². The van der Waals surface area contributed by atoms with Crippen LogP contribution in [0, 0.1) is 12.7 Å². The number of amides is 1. The third-order valence-electron chi connectivity index (χ3n) is 4.87. The van der Waals surface area contributed by atoms with Crippen molar-refractivity contribution in [1.29, 1.82) is 0 Å². The van der Waals surface area contributed by atoms with Crippen LogP contribution in [0.25, 0.3) is 21.3 Å². The predicted octanol–water partition coefficient (Wildman–Crippen LogP) is 4.00. The number of halogens is 1. The molecule has 2 aromatic carbocycles. The van der Waals surface area contributed by atoms with Crippen molar-refractivity contribution in [3.8, 4) is 11.1 Å². The van der Waals surface area contributed by atoms with Crippen LogP contribution in [0.2, 0.25) is 0 Å². The quantitative estimate of drug-likeness (QED) is 0.463. The summed E-state index contributed by atoms with van der Waals surface area (Å²) in [6, 6.07) is 12.2. The van der Waals surface area contributed by atoms with E-state index < -0.39 is 11.9 Å². The normalized spacial score (nSPS) is 10.8. The second kappa shape index (κ2) is 8.72. The van der Waals surface area contributed by atoms with Gasteiger partial charge < -0.3 is 10.1 Å². The molecule has 1 N–H and O–H groups in total. The first-order chi connectivity index (χ1) is 15.4. The molecule has 0 saturated heterocycles. The third-order valence-corrected chi connectivity index (χ3v) is 5.88. The Bertz CT molecular complexity index is 1390. The molecular weight excluding hydrogens is 433 g/mol. The number of ether oxygens (including phenoxy) is 1. The van der Waals surface area contributed by atoms with E-state index in [1.165, 1.54) is 47.5 Å². The molecule has 0 aliphatic carbocycles. The molecule has 7 nitrogen and oxygen atoms in total. The zero-order valence-corrected chi connectivity index (χ0v) is 18.0. The van der Waals surface area contributed by atoms with Gasteiger partial charge in [-0.1, -0.05) is 18.2 Å². The molecule has 0 spiro atoms. The number of thiophene rings is 1. The van der Waals surface area contributed by atoms with Crippen LogP contribution < -0.4 is 10.9 Å². The van der Waals surface area contributed by atoms with Gasteiger partial charge in [0.1, 0.15) is 17.2 Å². The summed E-state index contributed by atoms with van der Waals surface area (Å²) in [5.74, 6) is -1.34. The van der Waals surface area contributed by atoms with E-state index in [4.69, 9.17) is 0 Å². The van der Waals surface area contributed by atoms with Crippen molar-refractivity contribution in [2.45, 2.75) is 13.5 Å². The van der Waals surface area contributed by atoms with Crippen LogP contribution in [0.1, 0.15) is 15.2 Å². The largest absolute Gasteiger partial charge is 0.465 e. The highest BCUT2D eigenvalue weighted by Crippen LogP contribution is 2.35. The molecule has 0 aliphatic heterocycles. The zero-order valence-electron chi connectivity index (χ0n) is 17.2. The molecule has 162 valence electrons. The molecule has 0 atom stereocenters. The van der Waals surface area contributed by atoms with Crippen molar-refractivity contribution in [3.63, 3.8) is 0 Å². The number of aromatic nitrogens is 2. The molecule has 4 rings (SSSR count). The Morgan fingerprint density at radius 3 is 2.66 bits per heavy atom. The van der Waals surface area contributed by atoms with Gasteiger partial charge in [-0.2, -0.15) is 0 Å². The van der Waals surface area contributed by atoms with Gasteiger partial charge in [0.15, 0.2) is 0 Å². The number of carbonyl (C=O) groups excluding carboxylic acids is 2. The molecule has 4 aromatic rings. The number of methoxy groups -OCH3 is 1. The lowest BCUT2D eigenvalue weighted by atomic mass is 10.0. The van der Waals surface area contributed by atoms with Crippen LogP contribution in [0.3, 0.4) is 0 Å². The Kier molecular flexibility index (Phi) is 5.83. The first-order valence-corrected chi connectivity index (χ1v) is 10.4. The highest BCUT2D eigenvalue weighted by atomic mass is 32.1. The average Bonchev–Trinajstić information content (AvgIpc) is 3.12. The molecule has 2 heterocycles. The lowest BCUT2D eigenvalue weighted by molar-refractivity contribution is -0.116. The molecule has 1 amide bonds. The molecule has 32 heavy (non-hydrogen) atoms. The number of fused-ring (bicyclic) bond motifs is 1. The molecule has 9 heteroatoms. The van der Waals surface area contributed by atoms with Crippen molar-refractivity contribution in [2.24, 2.45) is 0 Å². The van der Waals surface area contributed by atoms with Gasteiger partial charge >= 0.3 is 5.97 Å². The van der Waals surface area contributed by atoms with E-state index in [2.05, 4.69) is 15.0 Å². The number of aryl methyl sites for hydroxylation is 1. The van der Waals surface area contributed by atoms with E-state index in [-0.39, 0.29) is 17.9 Å².